The minimum atomic E-state index is 0.775. The molecule has 0 fully saturated rings. The van der Waals surface area contributed by atoms with Crippen LogP contribution in [0.25, 0.3) is 0 Å². The van der Waals surface area contributed by atoms with Crippen LogP contribution < -0.4 is 5.32 Å². The molecule has 0 atom stereocenters. The Morgan fingerprint density at radius 2 is 1.78 bits per heavy atom. The van der Waals surface area contributed by atoms with E-state index < -0.39 is 0 Å². The number of anilines is 1. The molecule has 0 aliphatic carbocycles. The number of hydrogen-bond donors (Lipinski definition) is 1. The summed E-state index contributed by atoms with van der Waals surface area (Å²) in [6, 6.07) is 17.1. The van der Waals surface area contributed by atoms with Crippen molar-refractivity contribution in [3.63, 3.8) is 0 Å². The van der Waals surface area contributed by atoms with Crippen LogP contribution in [0.4, 0.5) is 5.13 Å². The van der Waals surface area contributed by atoms with E-state index in [4.69, 9.17) is 0 Å². The number of nitrogens with zero attached hydrogens (tertiary/aromatic N) is 2. The third-order valence-electron chi connectivity index (χ3n) is 3.42. The first-order valence-corrected chi connectivity index (χ1v) is 9.30. The van der Waals surface area contributed by atoms with Gasteiger partial charge in [0.2, 0.25) is 5.13 Å². The highest BCUT2D eigenvalue weighted by Gasteiger charge is 2.05. The maximum absolute atomic E-state index is 4.25. The van der Waals surface area contributed by atoms with Gasteiger partial charge in [-0.3, -0.25) is 0 Å². The number of aryl methyl sites for hydroxylation is 2. The van der Waals surface area contributed by atoms with Gasteiger partial charge in [0.05, 0.1) is 0 Å². The maximum Gasteiger partial charge on any atom is 0.206 e. The largest absolute Gasteiger partial charge is 0.356 e. The number of thioether (sulfide) groups is 1. The predicted octanol–water partition coefficient (Wildman–Crippen LogP) is 5.06. The third-order valence-corrected chi connectivity index (χ3v) is 5.50. The minimum absolute atomic E-state index is 0.775. The summed E-state index contributed by atoms with van der Waals surface area (Å²) >= 11 is 3.34. The van der Waals surface area contributed by atoms with Gasteiger partial charge in [0.1, 0.15) is 0 Å². The molecule has 0 amide bonds. The van der Waals surface area contributed by atoms with Crippen LogP contribution in [0.1, 0.15) is 22.3 Å². The molecule has 118 valence electrons. The molecule has 3 aromatic rings. The Morgan fingerprint density at radius 3 is 2.57 bits per heavy atom. The van der Waals surface area contributed by atoms with E-state index in [1.165, 1.54) is 22.3 Å². The van der Waals surface area contributed by atoms with E-state index in [1.807, 2.05) is 0 Å². The smallest absolute Gasteiger partial charge is 0.206 e. The van der Waals surface area contributed by atoms with Gasteiger partial charge in [0.25, 0.3) is 0 Å². The molecule has 3 nitrogen and oxygen atoms in total. The second-order valence-electron chi connectivity index (χ2n) is 5.49. The Morgan fingerprint density at radius 1 is 0.957 bits per heavy atom. The number of hydrogen-bond acceptors (Lipinski definition) is 5. The van der Waals surface area contributed by atoms with Crippen molar-refractivity contribution in [1.29, 1.82) is 0 Å². The Bertz CT molecular complexity index is 766. The first-order chi connectivity index (χ1) is 11.2. The fourth-order valence-electron chi connectivity index (χ4n) is 2.17. The molecule has 3 rings (SSSR count). The Balaban J connectivity index is 1.52. The standard InChI is InChI=1S/C18H19N3S2/c1-13-6-8-15(9-7-13)11-19-17-20-21-18(23-17)22-12-16-5-3-4-14(2)10-16/h3-10H,11-12H2,1-2H3,(H,19,20). The molecule has 0 unspecified atom stereocenters. The lowest BCUT2D eigenvalue weighted by atomic mass is 10.1. The van der Waals surface area contributed by atoms with Crippen molar-refractivity contribution >= 4 is 28.2 Å². The van der Waals surface area contributed by atoms with Crippen LogP contribution >= 0.6 is 23.1 Å². The highest BCUT2D eigenvalue weighted by molar-refractivity contribution is 8.00. The summed E-state index contributed by atoms with van der Waals surface area (Å²) < 4.78 is 0.998. The summed E-state index contributed by atoms with van der Waals surface area (Å²) in [5.74, 6) is 0.925. The molecule has 23 heavy (non-hydrogen) atoms. The second-order valence-corrected chi connectivity index (χ2v) is 7.69. The first kappa shape index (κ1) is 16.0. The normalized spacial score (nSPS) is 10.7. The SMILES string of the molecule is Cc1ccc(CNc2nnc(SCc3cccc(C)c3)s2)cc1. The Labute approximate surface area is 145 Å². The van der Waals surface area contributed by atoms with Gasteiger partial charge in [-0.1, -0.05) is 82.8 Å². The van der Waals surface area contributed by atoms with Crippen molar-refractivity contribution in [2.24, 2.45) is 0 Å². The summed E-state index contributed by atoms with van der Waals surface area (Å²) in [6.07, 6.45) is 0. The first-order valence-electron chi connectivity index (χ1n) is 7.50. The molecular weight excluding hydrogens is 322 g/mol. The molecule has 1 heterocycles. The number of rotatable bonds is 6. The van der Waals surface area contributed by atoms with Crippen LogP contribution in [-0.4, -0.2) is 10.2 Å². The topological polar surface area (TPSA) is 37.8 Å². The summed E-state index contributed by atoms with van der Waals surface area (Å²) in [5, 5.41) is 12.7. The van der Waals surface area contributed by atoms with E-state index >= 15 is 0 Å². The molecule has 0 aliphatic heterocycles. The highest BCUT2D eigenvalue weighted by Crippen LogP contribution is 2.28. The van der Waals surface area contributed by atoms with E-state index in [1.54, 1.807) is 23.1 Å². The molecule has 5 heteroatoms. The van der Waals surface area contributed by atoms with Gasteiger partial charge in [0, 0.05) is 12.3 Å². The van der Waals surface area contributed by atoms with Crippen LogP contribution in [0.15, 0.2) is 52.9 Å². The molecule has 0 saturated carbocycles. The van der Waals surface area contributed by atoms with Gasteiger partial charge < -0.3 is 5.32 Å². The van der Waals surface area contributed by atoms with Gasteiger partial charge in [-0.15, -0.1) is 10.2 Å². The second kappa shape index (κ2) is 7.62. The molecule has 1 N–H and O–H groups in total. The molecule has 0 aliphatic rings. The number of benzene rings is 2. The lowest BCUT2D eigenvalue weighted by Gasteiger charge is -2.02. The van der Waals surface area contributed by atoms with Crippen molar-refractivity contribution < 1.29 is 0 Å². The fourth-order valence-corrected chi connectivity index (χ4v) is 3.86. The third kappa shape index (κ3) is 4.81. The molecule has 0 spiro atoms. The lowest BCUT2D eigenvalue weighted by molar-refractivity contribution is 0.995. The summed E-state index contributed by atoms with van der Waals surface area (Å²) in [7, 11) is 0. The van der Waals surface area contributed by atoms with Crippen LogP contribution in [0, 0.1) is 13.8 Å². The van der Waals surface area contributed by atoms with Crippen LogP contribution in [0.5, 0.6) is 0 Å². The van der Waals surface area contributed by atoms with E-state index in [2.05, 4.69) is 77.9 Å². The quantitative estimate of drug-likeness (QED) is 0.636. The highest BCUT2D eigenvalue weighted by atomic mass is 32.2. The molecule has 1 aromatic heterocycles. The number of aromatic nitrogens is 2. The molecule has 0 saturated heterocycles. The van der Waals surface area contributed by atoms with Gasteiger partial charge in [0.15, 0.2) is 4.34 Å². The average Bonchev–Trinajstić information content (AvgIpc) is 3.00. The molecular formula is C18H19N3S2. The summed E-state index contributed by atoms with van der Waals surface area (Å²) in [4.78, 5) is 0. The molecule has 0 bridgehead atoms. The number of nitrogens with one attached hydrogen (secondary N) is 1. The molecule has 2 aromatic carbocycles. The summed E-state index contributed by atoms with van der Waals surface area (Å²) in [6.45, 7) is 4.99. The van der Waals surface area contributed by atoms with Crippen molar-refractivity contribution in [3.8, 4) is 0 Å². The zero-order chi connectivity index (χ0) is 16.1. The van der Waals surface area contributed by atoms with Crippen LogP contribution in [0.2, 0.25) is 0 Å². The minimum Gasteiger partial charge on any atom is -0.356 e. The monoisotopic (exact) mass is 341 g/mol. The predicted molar refractivity (Wildman–Crippen MR) is 99.2 cm³/mol. The Hall–Kier alpha value is -1.85. The van der Waals surface area contributed by atoms with Gasteiger partial charge in [-0.2, -0.15) is 0 Å². The van der Waals surface area contributed by atoms with Gasteiger partial charge in [-0.25, -0.2) is 0 Å². The lowest BCUT2D eigenvalue weighted by Crippen LogP contribution is -1.98. The van der Waals surface area contributed by atoms with Crippen molar-refractivity contribution in [2.75, 3.05) is 5.32 Å². The van der Waals surface area contributed by atoms with Crippen LogP contribution in [0.3, 0.4) is 0 Å². The Kier molecular flexibility index (Phi) is 5.31. The molecule has 0 radical (unpaired) electrons. The van der Waals surface area contributed by atoms with Crippen molar-refractivity contribution in [2.45, 2.75) is 30.5 Å². The maximum atomic E-state index is 4.25. The van der Waals surface area contributed by atoms with Crippen LogP contribution in [-0.2, 0) is 12.3 Å². The van der Waals surface area contributed by atoms with E-state index in [-0.39, 0.29) is 0 Å². The summed E-state index contributed by atoms with van der Waals surface area (Å²) in [5.41, 5.74) is 5.14. The van der Waals surface area contributed by atoms with Crippen molar-refractivity contribution in [3.05, 3.63) is 70.8 Å². The zero-order valence-corrected chi connectivity index (χ0v) is 14.9. The van der Waals surface area contributed by atoms with E-state index in [9.17, 15) is 0 Å². The average molecular weight is 342 g/mol. The van der Waals surface area contributed by atoms with Crippen molar-refractivity contribution in [1.82, 2.24) is 10.2 Å². The van der Waals surface area contributed by atoms with E-state index in [0.29, 0.717) is 0 Å². The van der Waals surface area contributed by atoms with Gasteiger partial charge >= 0.3 is 0 Å². The van der Waals surface area contributed by atoms with E-state index in [0.717, 1.165) is 21.8 Å². The fraction of sp³-hybridized carbons (Fsp3) is 0.222. The van der Waals surface area contributed by atoms with Gasteiger partial charge in [-0.05, 0) is 25.0 Å². The zero-order valence-electron chi connectivity index (χ0n) is 13.2.